The number of carbonyl (C=O) groups is 3. The van der Waals surface area contributed by atoms with Gasteiger partial charge in [-0.3, -0.25) is 19.4 Å². The lowest BCUT2D eigenvalue weighted by Gasteiger charge is -2.26. The molecular formula is C25H22FN3O5S. The van der Waals surface area contributed by atoms with E-state index in [-0.39, 0.29) is 6.54 Å². The predicted octanol–water partition coefficient (Wildman–Crippen LogP) is 4.05. The first-order valence-electron chi connectivity index (χ1n) is 11.0. The number of hydrogen-bond acceptors (Lipinski definition) is 6. The number of carbonyl (C=O) groups excluding carboxylic acids is 3. The highest BCUT2D eigenvalue weighted by molar-refractivity contribution is 7.09. The van der Waals surface area contributed by atoms with Crippen LogP contribution in [0.3, 0.4) is 0 Å². The normalized spacial score (nSPS) is 17.1. The Labute approximate surface area is 205 Å². The lowest BCUT2D eigenvalue weighted by molar-refractivity contribution is -0.131. The topological polar surface area (TPSA) is 79.4 Å². The molecule has 35 heavy (non-hydrogen) atoms. The average molecular weight is 496 g/mol. The molecule has 5 rings (SSSR count). The molecule has 0 N–H and O–H groups in total. The van der Waals surface area contributed by atoms with Crippen molar-refractivity contribution in [3.63, 3.8) is 0 Å². The summed E-state index contributed by atoms with van der Waals surface area (Å²) in [4.78, 5) is 44.3. The Morgan fingerprint density at radius 1 is 1.09 bits per heavy atom. The van der Waals surface area contributed by atoms with E-state index in [0.29, 0.717) is 36.1 Å². The van der Waals surface area contributed by atoms with Gasteiger partial charge in [-0.25, -0.2) is 9.18 Å². The van der Waals surface area contributed by atoms with Crippen molar-refractivity contribution in [3.05, 3.63) is 70.7 Å². The molecule has 0 saturated carbocycles. The van der Waals surface area contributed by atoms with Crippen LogP contribution in [0.5, 0.6) is 11.5 Å². The van der Waals surface area contributed by atoms with Crippen molar-refractivity contribution in [2.45, 2.75) is 19.5 Å². The first-order chi connectivity index (χ1) is 16.9. The molecule has 8 nitrogen and oxygen atoms in total. The van der Waals surface area contributed by atoms with Gasteiger partial charge in [-0.05, 0) is 54.8 Å². The van der Waals surface area contributed by atoms with Crippen molar-refractivity contribution in [1.29, 1.82) is 0 Å². The van der Waals surface area contributed by atoms with Gasteiger partial charge in [0.05, 0.1) is 6.54 Å². The number of urea groups is 1. The number of ether oxygens (including phenoxy) is 2. The van der Waals surface area contributed by atoms with Crippen molar-refractivity contribution in [3.8, 4) is 11.5 Å². The van der Waals surface area contributed by atoms with Gasteiger partial charge in [0.2, 0.25) is 5.91 Å². The van der Waals surface area contributed by atoms with Gasteiger partial charge in [0.15, 0.2) is 11.5 Å². The molecule has 2 aliphatic heterocycles. The fourth-order valence-corrected chi connectivity index (χ4v) is 4.80. The van der Waals surface area contributed by atoms with E-state index in [1.165, 1.54) is 45.4 Å². The molecule has 2 aliphatic rings. The number of rotatable bonds is 6. The zero-order valence-electron chi connectivity index (χ0n) is 18.8. The van der Waals surface area contributed by atoms with E-state index >= 15 is 0 Å². The van der Waals surface area contributed by atoms with E-state index in [0.717, 1.165) is 9.78 Å². The van der Waals surface area contributed by atoms with Gasteiger partial charge in [-0.2, -0.15) is 0 Å². The minimum Gasteiger partial charge on any atom is -0.486 e. The summed E-state index contributed by atoms with van der Waals surface area (Å²) in [5.74, 6) is -0.245. The van der Waals surface area contributed by atoms with Gasteiger partial charge in [-0.1, -0.05) is 6.07 Å². The number of anilines is 2. The third kappa shape index (κ3) is 4.44. The van der Waals surface area contributed by atoms with Crippen molar-refractivity contribution in [2.24, 2.45) is 0 Å². The van der Waals surface area contributed by atoms with Crippen LogP contribution in [0.25, 0.3) is 0 Å². The van der Waals surface area contributed by atoms with Crippen LogP contribution in [0.2, 0.25) is 0 Å². The Kier molecular flexibility index (Phi) is 6.12. The van der Waals surface area contributed by atoms with Crippen LogP contribution in [-0.4, -0.2) is 48.5 Å². The minimum atomic E-state index is -0.819. The minimum absolute atomic E-state index is 0.267. The molecule has 10 heteroatoms. The summed E-state index contributed by atoms with van der Waals surface area (Å²) < 4.78 is 24.6. The second-order valence-corrected chi connectivity index (χ2v) is 9.15. The van der Waals surface area contributed by atoms with Crippen LogP contribution in [0, 0.1) is 5.82 Å². The molecule has 1 fully saturated rings. The standard InChI is InChI=1S/C25H22FN3O5S/c1-16-24(31)28(25(32)29(16)18-6-4-17(26)5-7-18)15-23(30)27(14-20-3-2-12-35-20)19-8-9-21-22(13-19)34-11-10-33-21/h2-9,12-13,16H,10-11,14-15H2,1H3. The largest absolute Gasteiger partial charge is 0.486 e. The maximum atomic E-state index is 13.5. The fraction of sp³-hybridized carbons (Fsp3) is 0.240. The molecule has 180 valence electrons. The SMILES string of the molecule is CC1C(=O)N(CC(=O)N(Cc2cccs2)c2ccc3c(c2)OCCO3)C(=O)N1c1ccc(F)cc1. The van der Waals surface area contributed by atoms with Crippen LogP contribution in [0.15, 0.2) is 60.0 Å². The van der Waals surface area contributed by atoms with Crippen molar-refractivity contribution in [2.75, 3.05) is 29.6 Å². The first-order valence-corrected chi connectivity index (χ1v) is 11.9. The van der Waals surface area contributed by atoms with Crippen molar-refractivity contribution in [1.82, 2.24) is 4.90 Å². The quantitative estimate of drug-likeness (QED) is 0.482. The number of hydrogen-bond donors (Lipinski definition) is 0. The van der Waals surface area contributed by atoms with Crippen LogP contribution >= 0.6 is 11.3 Å². The molecule has 1 saturated heterocycles. The molecule has 1 atom stereocenters. The summed E-state index contributed by atoms with van der Waals surface area (Å²) in [5, 5.41) is 1.91. The zero-order valence-corrected chi connectivity index (χ0v) is 19.7. The number of thiophene rings is 1. The Morgan fingerprint density at radius 2 is 1.83 bits per heavy atom. The number of imide groups is 1. The highest BCUT2D eigenvalue weighted by atomic mass is 32.1. The lowest BCUT2D eigenvalue weighted by Crippen LogP contribution is -2.43. The van der Waals surface area contributed by atoms with E-state index in [1.54, 1.807) is 25.1 Å². The highest BCUT2D eigenvalue weighted by Crippen LogP contribution is 2.35. The van der Waals surface area contributed by atoms with E-state index in [9.17, 15) is 18.8 Å². The predicted molar refractivity (Wildman–Crippen MR) is 128 cm³/mol. The van der Waals surface area contributed by atoms with Crippen LogP contribution in [0.1, 0.15) is 11.8 Å². The smallest absolute Gasteiger partial charge is 0.332 e. The summed E-state index contributed by atoms with van der Waals surface area (Å²) in [6, 6.07) is 12.9. The summed E-state index contributed by atoms with van der Waals surface area (Å²) in [6.07, 6.45) is 0. The average Bonchev–Trinajstić information content (AvgIpc) is 3.46. The number of nitrogens with zero attached hydrogens (tertiary/aromatic N) is 3. The summed E-state index contributed by atoms with van der Waals surface area (Å²) in [7, 11) is 0. The van der Waals surface area contributed by atoms with E-state index in [2.05, 4.69) is 0 Å². The van der Waals surface area contributed by atoms with Gasteiger partial charge in [0, 0.05) is 22.3 Å². The van der Waals surface area contributed by atoms with Gasteiger partial charge in [-0.15, -0.1) is 11.3 Å². The second-order valence-electron chi connectivity index (χ2n) is 8.12. The van der Waals surface area contributed by atoms with Gasteiger partial charge in [0.25, 0.3) is 5.91 Å². The van der Waals surface area contributed by atoms with Crippen LogP contribution < -0.4 is 19.3 Å². The molecule has 1 unspecified atom stereocenters. The maximum Gasteiger partial charge on any atom is 0.332 e. The summed E-state index contributed by atoms with van der Waals surface area (Å²) in [5.41, 5.74) is 0.949. The van der Waals surface area contributed by atoms with Gasteiger partial charge in [0.1, 0.15) is 31.6 Å². The Balaban J connectivity index is 1.41. The Bertz CT molecular complexity index is 1260. The number of amides is 4. The van der Waals surface area contributed by atoms with Gasteiger partial charge >= 0.3 is 6.03 Å². The molecule has 4 amide bonds. The second kappa shape index (κ2) is 9.38. The molecule has 0 aliphatic carbocycles. The number of fused-ring (bicyclic) bond motifs is 1. The fourth-order valence-electron chi connectivity index (χ4n) is 4.11. The molecule has 0 bridgehead atoms. The first kappa shape index (κ1) is 22.9. The maximum absolute atomic E-state index is 13.5. The van der Waals surface area contributed by atoms with Crippen molar-refractivity contribution < 1.29 is 28.2 Å². The summed E-state index contributed by atoms with van der Waals surface area (Å²) >= 11 is 1.50. The molecule has 1 aromatic heterocycles. The summed E-state index contributed by atoms with van der Waals surface area (Å²) in [6.45, 7) is 2.27. The van der Waals surface area contributed by atoms with E-state index in [1.807, 2.05) is 17.5 Å². The van der Waals surface area contributed by atoms with E-state index < -0.39 is 36.2 Å². The monoisotopic (exact) mass is 495 g/mol. The van der Waals surface area contributed by atoms with E-state index in [4.69, 9.17) is 9.47 Å². The zero-order chi connectivity index (χ0) is 24.5. The lowest BCUT2D eigenvalue weighted by atomic mass is 10.2. The molecular weight excluding hydrogens is 473 g/mol. The molecule has 0 radical (unpaired) electrons. The Morgan fingerprint density at radius 3 is 2.54 bits per heavy atom. The number of halogens is 1. The molecule has 3 heterocycles. The highest BCUT2D eigenvalue weighted by Gasteiger charge is 2.44. The number of benzene rings is 2. The molecule has 2 aromatic carbocycles. The molecule has 0 spiro atoms. The third-order valence-electron chi connectivity index (χ3n) is 5.88. The Hall–Kier alpha value is -3.92. The molecule has 3 aromatic rings. The van der Waals surface area contributed by atoms with Crippen molar-refractivity contribution >= 4 is 40.6 Å². The van der Waals surface area contributed by atoms with Crippen LogP contribution in [0.4, 0.5) is 20.6 Å². The third-order valence-corrected chi connectivity index (χ3v) is 6.74. The van der Waals surface area contributed by atoms with Gasteiger partial charge < -0.3 is 14.4 Å². The van der Waals surface area contributed by atoms with Crippen LogP contribution in [-0.2, 0) is 16.1 Å².